The summed E-state index contributed by atoms with van der Waals surface area (Å²) in [7, 11) is 0. The summed E-state index contributed by atoms with van der Waals surface area (Å²) in [6.07, 6.45) is 5.85. The highest BCUT2D eigenvalue weighted by Crippen LogP contribution is 2.48. The van der Waals surface area contributed by atoms with Crippen molar-refractivity contribution in [3.8, 4) is 0 Å². The van der Waals surface area contributed by atoms with Gasteiger partial charge in [0, 0.05) is 5.41 Å². The van der Waals surface area contributed by atoms with Gasteiger partial charge in [-0.25, -0.2) is 0 Å². The molecule has 4 heteroatoms. The molecule has 1 aliphatic rings. The van der Waals surface area contributed by atoms with Crippen LogP contribution in [0.5, 0.6) is 0 Å². The Morgan fingerprint density at radius 1 is 1.44 bits per heavy atom. The summed E-state index contributed by atoms with van der Waals surface area (Å²) in [6, 6.07) is 0. The van der Waals surface area contributed by atoms with Gasteiger partial charge in [0.15, 0.2) is 11.6 Å². The molecule has 0 aliphatic heterocycles. The number of nitrogens with two attached hydrogens (primary N) is 1. The van der Waals surface area contributed by atoms with Gasteiger partial charge in [0.1, 0.15) is 5.02 Å². The fourth-order valence-corrected chi connectivity index (χ4v) is 3.25. The Morgan fingerprint density at radius 2 is 2.06 bits per heavy atom. The summed E-state index contributed by atoms with van der Waals surface area (Å²) in [5, 5.41) is 4.31. The molecule has 1 aromatic rings. The van der Waals surface area contributed by atoms with E-state index in [0.717, 1.165) is 25.0 Å². The third-order valence-electron chi connectivity index (χ3n) is 3.50. The SMILES string of the molecule is CC(C)CC1(c2onc(N)c2Cl)CCCC1. The topological polar surface area (TPSA) is 52.0 Å². The van der Waals surface area contributed by atoms with Crippen LogP contribution in [0.4, 0.5) is 5.82 Å². The Morgan fingerprint density at radius 3 is 2.50 bits per heavy atom. The highest BCUT2D eigenvalue weighted by Gasteiger charge is 2.41. The molecule has 0 spiro atoms. The molecule has 2 N–H and O–H groups in total. The lowest BCUT2D eigenvalue weighted by molar-refractivity contribution is 0.254. The van der Waals surface area contributed by atoms with Gasteiger partial charge in [-0.1, -0.05) is 43.4 Å². The zero-order valence-corrected chi connectivity index (χ0v) is 10.7. The van der Waals surface area contributed by atoms with Crippen LogP contribution in [0.2, 0.25) is 5.02 Å². The van der Waals surface area contributed by atoms with Crippen LogP contribution in [0, 0.1) is 5.92 Å². The molecule has 0 unspecified atom stereocenters. The fraction of sp³-hybridized carbons (Fsp3) is 0.750. The maximum Gasteiger partial charge on any atom is 0.186 e. The van der Waals surface area contributed by atoms with Crippen molar-refractivity contribution >= 4 is 17.4 Å². The van der Waals surface area contributed by atoms with E-state index >= 15 is 0 Å². The molecule has 1 saturated carbocycles. The van der Waals surface area contributed by atoms with Gasteiger partial charge in [-0.15, -0.1) is 0 Å². The van der Waals surface area contributed by atoms with Crippen molar-refractivity contribution in [2.75, 3.05) is 5.73 Å². The van der Waals surface area contributed by atoms with Crippen LogP contribution in [0.25, 0.3) is 0 Å². The van der Waals surface area contributed by atoms with Crippen molar-refractivity contribution in [3.05, 3.63) is 10.8 Å². The number of nitrogens with zero attached hydrogens (tertiary/aromatic N) is 1. The molecule has 1 aromatic heterocycles. The molecule has 0 bridgehead atoms. The van der Waals surface area contributed by atoms with Crippen molar-refractivity contribution in [1.29, 1.82) is 0 Å². The number of hydrogen-bond donors (Lipinski definition) is 1. The fourth-order valence-electron chi connectivity index (χ4n) is 2.98. The maximum atomic E-state index is 6.18. The summed E-state index contributed by atoms with van der Waals surface area (Å²) in [5.41, 5.74) is 5.74. The first-order valence-corrected chi connectivity index (χ1v) is 6.34. The molecule has 1 fully saturated rings. The van der Waals surface area contributed by atoms with E-state index in [1.807, 2.05) is 0 Å². The number of hydrogen-bond acceptors (Lipinski definition) is 3. The third kappa shape index (κ3) is 1.93. The van der Waals surface area contributed by atoms with Gasteiger partial charge in [0.05, 0.1) is 0 Å². The lowest BCUT2D eigenvalue weighted by atomic mass is 9.76. The minimum absolute atomic E-state index is 0.0792. The Hall–Kier alpha value is -0.700. The van der Waals surface area contributed by atoms with E-state index in [4.69, 9.17) is 21.9 Å². The number of rotatable bonds is 3. The molecule has 1 heterocycles. The summed E-state index contributed by atoms with van der Waals surface area (Å²) in [5.74, 6) is 1.77. The molecular weight excluding hydrogens is 224 g/mol. The lowest BCUT2D eigenvalue weighted by Crippen LogP contribution is -2.24. The first-order chi connectivity index (χ1) is 7.55. The van der Waals surface area contributed by atoms with Gasteiger partial charge in [-0.2, -0.15) is 0 Å². The summed E-state index contributed by atoms with van der Waals surface area (Å²) in [4.78, 5) is 0. The van der Waals surface area contributed by atoms with Crippen molar-refractivity contribution in [3.63, 3.8) is 0 Å². The first kappa shape index (κ1) is 11.8. The standard InChI is InChI=1S/C12H19ClN2O/c1-8(2)7-12(5-3-4-6-12)10-9(13)11(14)15-16-10/h8H,3-7H2,1-2H3,(H2,14,15). The second kappa shape index (κ2) is 4.28. The van der Waals surface area contributed by atoms with Gasteiger partial charge in [-0.05, 0) is 25.2 Å². The Bertz CT molecular complexity index is 367. The zero-order chi connectivity index (χ0) is 11.8. The molecule has 0 atom stereocenters. The average molecular weight is 243 g/mol. The Kier molecular flexibility index (Phi) is 3.15. The summed E-state index contributed by atoms with van der Waals surface area (Å²) < 4.78 is 5.38. The monoisotopic (exact) mass is 242 g/mol. The van der Waals surface area contributed by atoms with Gasteiger partial charge in [0.2, 0.25) is 0 Å². The molecular formula is C12H19ClN2O. The molecule has 0 radical (unpaired) electrons. The van der Waals surface area contributed by atoms with Crippen LogP contribution in [-0.4, -0.2) is 5.16 Å². The second-order valence-electron chi connectivity index (χ2n) is 5.30. The summed E-state index contributed by atoms with van der Waals surface area (Å²) in [6.45, 7) is 4.46. The van der Waals surface area contributed by atoms with Gasteiger partial charge in [-0.3, -0.25) is 0 Å². The van der Waals surface area contributed by atoms with Crippen LogP contribution in [0.15, 0.2) is 4.52 Å². The van der Waals surface area contributed by atoms with Crippen molar-refractivity contribution in [2.24, 2.45) is 5.92 Å². The molecule has 3 nitrogen and oxygen atoms in total. The van der Waals surface area contributed by atoms with Gasteiger partial charge in [0.25, 0.3) is 0 Å². The Balaban J connectivity index is 2.35. The van der Waals surface area contributed by atoms with E-state index in [0.29, 0.717) is 16.8 Å². The van der Waals surface area contributed by atoms with E-state index in [2.05, 4.69) is 19.0 Å². The maximum absolute atomic E-state index is 6.18. The van der Waals surface area contributed by atoms with Crippen molar-refractivity contribution < 1.29 is 4.52 Å². The number of anilines is 1. The van der Waals surface area contributed by atoms with E-state index in [-0.39, 0.29) is 5.41 Å². The lowest BCUT2D eigenvalue weighted by Gasteiger charge is -2.28. The van der Waals surface area contributed by atoms with Crippen LogP contribution >= 0.6 is 11.6 Å². The van der Waals surface area contributed by atoms with Gasteiger partial charge >= 0.3 is 0 Å². The largest absolute Gasteiger partial charge is 0.380 e. The van der Waals surface area contributed by atoms with Crippen LogP contribution in [0.1, 0.15) is 51.7 Å². The van der Waals surface area contributed by atoms with Crippen LogP contribution < -0.4 is 5.73 Å². The van der Waals surface area contributed by atoms with E-state index in [9.17, 15) is 0 Å². The third-order valence-corrected chi connectivity index (χ3v) is 3.87. The zero-order valence-electron chi connectivity index (χ0n) is 9.92. The van der Waals surface area contributed by atoms with E-state index in [1.165, 1.54) is 12.8 Å². The van der Waals surface area contributed by atoms with Crippen molar-refractivity contribution in [1.82, 2.24) is 5.16 Å². The highest BCUT2D eigenvalue weighted by molar-refractivity contribution is 6.33. The first-order valence-electron chi connectivity index (χ1n) is 5.96. The minimum atomic E-state index is 0.0792. The molecule has 0 aromatic carbocycles. The number of nitrogen functional groups attached to an aromatic ring is 1. The van der Waals surface area contributed by atoms with Crippen LogP contribution in [0.3, 0.4) is 0 Å². The van der Waals surface area contributed by atoms with Gasteiger partial charge < -0.3 is 10.3 Å². The van der Waals surface area contributed by atoms with E-state index in [1.54, 1.807) is 0 Å². The molecule has 0 saturated heterocycles. The predicted octanol–water partition coefficient (Wildman–Crippen LogP) is 3.77. The normalized spacial score (nSPS) is 19.5. The number of aromatic nitrogens is 1. The minimum Gasteiger partial charge on any atom is -0.380 e. The smallest absolute Gasteiger partial charge is 0.186 e. The average Bonchev–Trinajstić information content (AvgIpc) is 2.76. The Labute approximate surface area is 101 Å². The van der Waals surface area contributed by atoms with E-state index < -0.39 is 0 Å². The quantitative estimate of drug-likeness (QED) is 0.878. The molecule has 90 valence electrons. The highest BCUT2D eigenvalue weighted by atomic mass is 35.5. The van der Waals surface area contributed by atoms with Crippen molar-refractivity contribution in [2.45, 2.75) is 51.4 Å². The predicted molar refractivity (Wildman–Crippen MR) is 65.5 cm³/mol. The molecule has 1 aliphatic carbocycles. The number of halogens is 1. The molecule has 2 rings (SSSR count). The molecule has 16 heavy (non-hydrogen) atoms. The van der Waals surface area contributed by atoms with Crippen LogP contribution in [-0.2, 0) is 5.41 Å². The summed E-state index contributed by atoms with van der Waals surface area (Å²) >= 11 is 6.18. The molecule has 0 amide bonds. The second-order valence-corrected chi connectivity index (χ2v) is 5.67.